The van der Waals surface area contributed by atoms with E-state index < -0.39 is 0 Å². The zero-order valence-corrected chi connectivity index (χ0v) is 9.66. The van der Waals surface area contributed by atoms with E-state index >= 15 is 0 Å². The van der Waals surface area contributed by atoms with E-state index in [0.717, 1.165) is 19.3 Å². The highest BCUT2D eigenvalue weighted by Gasteiger charge is 2.37. The molecular weight excluding hydrogens is 216 g/mol. The van der Waals surface area contributed by atoms with Crippen LogP contribution in [0.15, 0.2) is 0 Å². The van der Waals surface area contributed by atoms with Crippen LogP contribution in [-0.2, 0) is 9.59 Å². The van der Waals surface area contributed by atoms with E-state index in [4.69, 9.17) is 12.8 Å². The third-order valence-corrected chi connectivity index (χ3v) is 2.92. The van der Waals surface area contributed by atoms with Crippen LogP contribution in [0.5, 0.6) is 0 Å². The number of carbonyl (C=O) groups is 2. The summed E-state index contributed by atoms with van der Waals surface area (Å²) in [6, 6.07) is 0. The summed E-state index contributed by atoms with van der Waals surface area (Å²) in [5, 5.41) is 5.24. The summed E-state index contributed by atoms with van der Waals surface area (Å²) in [7, 11) is 0. The Morgan fingerprint density at radius 1 is 1.00 bits per heavy atom. The van der Waals surface area contributed by atoms with Crippen molar-refractivity contribution in [3.05, 3.63) is 0 Å². The first-order valence-electron chi connectivity index (χ1n) is 5.63. The third kappa shape index (κ3) is 3.53. The Labute approximate surface area is 102 Å². The molecule has 0 aromatic rings. The normalized spacial score (nSPS) is 22.2. The van der Waals surface area contributed by atoms with E-state index in [9.17, 15) is 9.59 Å². The molecule has 0 radical (unpaired) electrons. The largest absolute Gasteiger partial charge is 0.345 e. The van der Waals surface area contributed by atoms with Crippen LogP contribution in [0.4, 0.5) is 0 Å². The van der Waals surface area contributed by atoms with E-state index in [-0.39, 0.29) is 36.7 Å². The first-order chi connectivity index (χ1) is 8.20. The zero-order valence-electron chi connectivity index (χ0n) is 9.66. The maximum atomic E-state index is 11.8. The number of nitrogens with one attached hydrogen (secondary N) is 2. The van der Waals surface area contributed by atoms with Gasteiger partial charge >= 0.3 is 0 Å². The molecule has 0 spiro atoms. The van der Waals surface area contributed by atoms with Crippen LogP contribution >= 0.6 is 0 Å². The second kappa shape index (κ2) is 6.60. The van der Waals surface area contributed by atoms with Crippen LogP contribution in [0.25, 0.3) is 0 Å². The molecule has 2 amide bonds. The topological polar surface area (TPSA) is 58.2 Å². The third-order valence-electron chi connectivity index (χ3n) is 2.92. The quantitative estimate of drug-likeness (QED) is 0.665. The molecule has 1 saturated carbocycles. The predicted octanol–water partition coefficient (Wildman–Crippen LogP) is -0.0985. The molecule has 90 valence electrons. The van der Waals surface area contributed by atoms with Gasteiger partial charge in [0, 0.05) is 11.8 Å². The van der Waals surface area contributed by atoms with Gasteiger partial charge in [0.1, 0.15) is 0 Å². The summed E-state index contributed by atoms with van der Waals surface area (Å²) < 4.78 is 0. The monoisotopic (exact) mass is 232 g/mol. The molecule has 1 aliphatic rings. The average Bonchev–Trinajstić information content (AvgIpc) is 2.82. The van der Waals surface area contributed by atoms with Gasteiger partial charge in [-0.2, -0.15) is 0 Å². The summed E-state index contributed by atoms with van der Waals surface area (Å²) in [4.78, 5) is 23.5. The number of hydrogen-bond donors (Lipinski definition) is 2. The number of hydrogen-bond acceptors (Lipinski definition) is 2. The van der Waals surface area contributed by atoms with Gasteiger partial charge in [-0.15, -0.1) is 12.8 Å². The first kappa shape index (κ1) is 13.1. The van der Waals surface area contributed by atoms with Crippen molar-refractivity contribution in [2.24, 2.45) is 11.8 Å². The highest BCUT2D eigenvalue weighted by molar-refractivity contribution is 5.88. The average molecular weight is 232 g/mol. The Morgan fingerprint density at radius 2 is 1.41 bits per heavy atom. The number of carbonyl (C=O) groups excluding carboxylic acids is 2. The maximum absolute atomic E-state index is 11.8. The lowest BCUT2D eigenvalue weighted by atomic mass is 9.94. The van der Waals surface area contributed by atoms with E-state index in [1.165, 1.54) is 0 Å². The second-order valence-corrected chi connectivity index (χ2v) is 3.99. The minimum Gasteiger partial charge on any atom is -0.345 e. The highest BCUT2D eigenvalue weighted by Crippen LogP contribution is 2.31. The Morgan fingerprint density at radius 3 is 1.76 bits per heavy atom. The van der Waals surface area contributed by atoms with Crippen LogP contribution in [0.3, 0.4) is 0 Å². The molecule has 1 rings (SSSR count). The molecule has 4 nitrogen and oxygen atoms in total. The SMILES string of the molecule is C#CCNC(=O)[C@@H]1CCC[C@H]1C(=O)NCC#C. The predicted molar refractivity (Wildman–Crippen MR) is 64.5 cm³/mol. The highest BCUT2D eigenvalue weighted by atomic mass is 16.2. The smallest absolute Gasteiger partial charge is 0.224 e. The molecule has 0 bridgehead atoms. The summed E-state index contributed by atoms with van der Waals surface area (Å²) in [6.45, 7) is 0.405. The van der Waals surface area contributed by atoms with Crippen molar-refractivity contribution >= 4 is 11.8 Å². The summed E-state index contributed by atoms with van der Waals surface area (Å²) in [5.41, 5.74) is 0. The van der Waals surface area contributed by atoms with Crippen molar-refractivity contribution in [2.75, 3.05) is 13.1 Å². The Hall–Kier alpha value is -1.94. The molecule has 2 atom stereocenters. The number of amides is 2. The van der Waals surface area contributed by atoms with Gasteiger partial charge in [0.15, 0.2) is 0 Å². The van der Waals surface area contributed by atoms with Crippen molar-refractivity contribution in [3.8, 4) is 24.7 Å². The van der Waals surface area contributed by atoms with Crippen LogP contribution < -0.4 is 10.6 Å². The van der Waals surface area contributed by atoms with Gasteiger partial charge in [0.05, 0.1) is 13.1 Å². The van der Waals surface area contributed by atoms with Crippen molar-refractivity contribution in [1.82, 2.24) is 10.6 Å². The molecule has 1 fully saturated rings. The second-order valence-electron chi connectivity index (χ2n) is 3.99. The van der Waals surface area contributed by atoms with E-state index in [1.807, 2.05) is 0 Å². The number of rotatable bonds is 4. The molecule has 0 unspecified atom stereocenters. The zero-order chi connectivity index (χ0) is 12.7. The summed E-state index contributed by atoms with van der Waals surface area (Å²) in [5.74, 6) is 3.85. The van der Waals surface area contributed by atoms with E-state index in [1.54, 1.807) is 0 Å². The van der Waals surface area contributed by atoms with Gasteiger partial charge in [-0.1, -0.05) is 18.3 Å². The molecule has 0 aromatic carbocycles. The van der Waals surface area contributed by atoms with Crippen molar-refractivity contribution in [1.29, 1.82) is 0 Å². The first-order valence-corrected chi connectivity index (χ1v) is 5.63. The molecule has 2 N–H and O–H groups in total. The summed E-state index contributed by atoms with van der Waals surface area (Å²) in [6.07, 6.45) is 12.5. The van der Waals surface area contributed by atoms with Gasteiger partial charge in [-0.3, -0.25) is 9.59 Å². The van der Waals surface area contributed by atoms with Crippen LogP contribution in [0, 0.1) is 36.5 Å². The summed E-state index contributed by atoms with van der Waals surface area (Å²) >= 11 is 0. The molecule has 1 aliphatic carbocycles. The Bertz CT molecular complexity index is 340. The van der Waals surface area contributed by atoms with Gasteiger partial charge in [0.25, 0.3) is 0 Å². The Balaban J connectivity index is 2.54. The van der Waals surface area contributed by atoms with Crippen LogP contribution in [0.2, 0.25) is 0 Å². The van der Waals surface area contributed by atoms with Gasteiger partial charge in [-0.25, -0.2) is 0 Å². The fourth-order valence-corrected chi connectivity index (χ4v) is 2.13. The van der Waals surface area contributed by atoms with Crippen LogP contribution in [0.1, 0.15) is 19.3 Å². The molecule has 0 heterocycles. The van der Waals surface area contributed by atoms with Gasteiger partial charge < -0.3 is 10.6 Å². The lowest BCUT2D eigenvalue weighted by molar-refractivity contribution is -0.133. The molecule has 4 heteroatoms. The van der Waals surface area contributed by atoms with Gasteiger partial charge in [-0.05, 0) is 12.8 Å². The fraction of sp³-hybridized carbons (Fsp3) is 0.538. The van der Waals surface area contributed by atoms with Gasteiger partial charge in [0.2, 0.25) is 11.8 Å². The minimum atomic E-state index is -0.277. The molecule has 0 aliphatic heterocycles. The molecule has 0 aromatic heterocycles. The molecular formula is C13H16N2O2. The van der Waals surface area contributed by atoms with Crippen molar-refractivity contribution in [2.45, 2.75) is 19.3 Å². The lowest BCUT2D eigenvalue weighted by Gasteiger charge is -2.17. The van der Waals surface area contributed by atoms with E-state index in [2.05, 4.69) is 22.5 Å². The fourth-order valence-electron chi connectivity index (χ4n) is 2.13. The Kier molecular flexibility index (Phi) is 5.10. The standard InChI is InChI=1S/C13H16N2O2/c1-3-8-14-12(16)10-6-5-7-11(10)13(17)15-9-4-2/h1-2,10-11H,5-9H2,(H,14,16)(H,15,17)/t10-,11-/m1/s1. The minimum absolute atomic E-state index is 0.138. The molecule has 0 saturated heterocycles. The van der Waals surface area contributed by atoms with Crippen LogP contribution in [-0.4, -0.2) is 24.9 Å². The van der Waals surface area contributed by atoms with E-state index in [0.29, 0.717) is 0 Å². The molecule has 17 heavy (non-hydrogen) atoms. The van der Waals surface area contributed by atoms with Crippen molar-refractivity contribution in [3.63, 3.8) is 0 Å². The van der Waals surface area contributed by atoms with Crippen molar-refractivity contribution < 1.29 is 9.59 Å². The lowest BCUT2D eigenvalue weighted by Crippen LogP contribution is -2.39. The number of terminal acetylenes is 2. The maximum Gasteiger partial charge on any atom is 0.224 e.